The monoisotopic (exact) mass is 270 g/mol. The van der Waals surface area contributed by atoms with E-state index in [0.29, 0.717) is 17.3 Å². The molecule has 0 aliphatic heterocycles. The maximum Gasteiger partial charge on any atom is 0.323 e. The number of benzene rings is 1. The number of anilines is 1. The summed E-state index contributed by atoms with van der Waals surface area (Å²) in [5, 5.41) is 11.7. The molecular formula is C12H15ClN2O3. The second-order valence-corrected chi connectivity index (χ2v) is 4.23. The average Bonchev–Trinajstić information content (AvgIpc) is 2.29. The van der Waals surface area contributed by atoms with Crippen LogP contribution in [-0.2, 0) is 4.79 Å². The Morgan fingerprint density at radius 1 is 1.44 bits per heavy atom. The van der Waals surface area contributed by atoms with Crippen molar-refractivity contribution in [1.82, 2.24) is 4.90 Å². The molecule has 0 atom stereocenters. The summed E-state index contributed by atoms with van der Waals surface area (Å²) in [6, 6.07) is 4.75. The number of hydrogen-bond donors (Lipinski definition) is 2. The number of carbonyl (C=O) groups excluding carboxylic acids is 1. The molecule has 0 fully saturated rings. The van der Waals surface area contributed by atoms with E-state index in [4.69, 9.17) is 16.7 Å². The van der Waals surface area contributed by atoms with Crippen LogP contribution < -0.4 is 5.32 Å². The largest absolute Gasteiger partial charge is 0.480 e. The summed E-state index contributed by atoms with van der Waals surface area (Å²) in [5.41, 5.74) is 1.45. The van der Waals surface area contributed by atoms with Gasteiger partial charge in [-0.2, -0.15) is 0 Å². The van der Waals surface area contributed by atoms with Gasteiger partial charge in [-0.1, -0.05) is 17.7 Å². The van der Waals surface area contributed by atoms with E-state index in [1.807, 2.05) is 13.0 Å². The van der Waals surface area contributed by atoms with E-state index >= 15 is 0 Å². The number of carbonyl (C=O) groups is 2. The van der Waals surface area contributed by atoms with E-state index in [-0.39, 0.29) is 6.54 Å². The molecule has 2 amide bonds. The zero-order chi connectivity index (χ0) is 13.7. The number of rotatable bonds is 4. The normalized spacial score (nSPS) is 9.94. The molecule has 0 heterocycles. The van der Waals surface area contributed by atoms with Crippen LogP contribution in [0.3, 0.4) is 0 Å². The molecule has 98 valence electrons. The van der Waals surface area contributed by atoms with Gasteiger partial charge in [0.05, 0.1) is 10.7 Å². The number of nitrogens with zero attached hydrogens (tertiary/aromatic N) is 1. The van der Waals surface area contributed by atoms with Crippen molar-refractivity contribution < 1.29 is 14.7 Å². The van der Waals surface area contributed by atoms with Crippen LogP contribution in [0, 0.1) is 6.92 Å². The number of aryl methyl sites for hydroxylation is 1. The first kappa shape index (κ1) is 14.3. The first-order chi connectivity index (χ1) is 8.43. The summed E-state index contributed by atoms with van der Waals surface area (Å²) in [7, 11) is 0. The van der Waals surface area contributed by atoms with Crippen molar-refractivity contribution in [3.63, 3.8) is 0 Å². The van der Waals surface area contributed by atoms with E-state index in [0.717, 1.165) is 5.56 Å². The van der Waals surface area contributed by atoms with Gasteiger partial charge in [-0.05, 0) is 31.5 Å². The van der Waals surface area contributed by atoms with Crippen molar-refractivity contribution in [2.45, 2.75) is 13.8 Å². The SMILES string of the molecule is CCN(CC(=O)O)C(=O)Nc1ccc(C)cc1Cl. The number of urea groups is 1. The second kappa shape index (κ2) is 6.26. The highest BCUT2D eigenvalue weighted by Crippen LogP contribution is 2.22. The number of carboxylic acids is 1. The standard InChI is InChI=1S/C12H15ClN2O3/c1-3-15(7-11(16)17)12(18)14-10-5-4-8(2)6-9(10)13/h4-6H,3,7H2,1-2H3,(H,14,18)(H,16,17). The smallest absolute Gasteiger partial charge is 0.323 e. The number of likely N-dealkylation sites (N-methyl/N-ethyl adjacent to an activating group) is 1. The number of hydrogen-bond acceptors (Lipinski definition) is 2. The van der Waals surface area contributed by atoms with Gasteiger partial charge in [-0.3, -0.25) is 4.79 Å². The molecule has 0 unspecified atom stereocenters. The maximum absolute atomic E-state index is 11.8. The van der Waals surface area contributed by atoms with Crippen LogP contribution in [0.4, 0.5) is 10.5 Å². The molecule has 1 rings (SSSR count). The predicted octanol–water partition coefficient (Wildman–Crippen LogP) is 2.59. The summed E-state index contributed by atoms with van der Waals surface area (Å²) in [6.45, 7) is 3.56. The lowest BCUT2D eigenvalue weighted by Gasteiger charge is -2.19. The van der Waals surface area contributed by atoms with Crippen LogP contribution in [0.1, 0.15) is 12.5 Å². The molecule has 0 aromatic heterocycles. The summed E-state index contributed by atoms with van der Waals surface area (Å²) in [5.74, 6) is -1.05. The molecule has 2 N–H and O–H groups in total. The van der Waals surface area contributed by atoms with Crippen molar-refractivity contribution >= 4 is 29.3 Å². The minimum atomic E-state index is -1.05. The van der Waals surface area contributed by atoms with Gasteiger partial charge in [0, 0.05) is 6.54 Å². The molecule has 0 saturated heterocycles. The van der Waals surface area contributed by atoms with Gasteiger partial charge >= 0.3 is 12.0 Å². The first-order valence-corrected chi connectivity index (χ1v) is 5.85. The Kier molecular flexibility index (Phi) is 4.97. The first-order valence-electron chi connectivity index (χ1n) is 5.48. The quantitative estimate of drug-likeness (QED) is 0.883. The van der Waals surface area contributed by atoms with Crippen LogP contribution in [0.15, 0.2) is 18.2 Å². The lowest BCUT2D eigenvalue weighted by molar-refractivity contribution is -0.137. The van der Waals surface area contributed by atoms with Crippen molar-refractivity contribution in [2.75, 3.05) is 18.4 Å². The fourth-order valence-electron chi connectivity index (χ4n) is 1.41. The zero-order valence-electron chi connectivity index (χ0n) is 10.2. The Bertz CT molecular complexity index is 463. The van der Waals surface area contributed by atoms with Gasteiger partial charge in [0.15, 0.2) is 0 Å². The van der Waals surface area contributed by atoms with Crippen molar-refractivity contribution in [1.29, 1.82) is 0 Å². The Hall–Kier alpha value is -1.75. The lowest BCUT2D eigenvalue weighted by atomic mass is 10.2. The van der Waals surface area contributed by atoms with Gasteiger partial charge < -0.3 is 15.3 Å². The number of amides is 2. The molecule has 1 aromatic rings. The molecule has 0 aliphatic rings. The van der Waals surface area contributed by atoms with Crippen LogP contribution >= 0.6 is 11.6 Å². The van der Waals surface area contributed by atoms with E-state index < -0.39 is 12.0 Å². The molecule has 0 bridgehead atoms. The van der Waals surface area contributed by atoms with E-state index in [1.54, 1.807) is 19.1 Å². The second-order valence-electron chi connectivity index (χ2n) is 3.82. The predicted molar refractivity (Wildman–Crippen MR) is 70.1 cm³/mol. The third-order valence-electron chi connectivity index (χ3n) is 2.36. The fourth-order valence-corrected chi connectivity index (χ4v) is 1.69. The van der Waals surface area contributed by atoms with Crippen molar-refractivity contribution in [2.24, 2.45) is 0 Å². The minimum Gasteiger partial charge on any atom is -0.480 e. The highest BCUT2D eigenvalue weighted by Gasteiger charge is 2.15. The van der Waals surface area contributed by atoms with Crippen LogP contribution in [-0.4, -0.2) is 35.1 Å². The molecule has 6 heteroatoms. The minimum absolute atomic E-state index is 0.307. The Balaban J connectivity index is 2.76. The number of aliphatic carboxylic acids is 1. The summed E-state index contributed by atoms with van der Waals surface area (Å²) in [4.78, 5) is 23.6. The van der Waals surface area contributed by atoms with Gasteiger partial charge in [0.2, 0.25) is 0 Å². The highest BCUT2D eigenvalue weighted by molar-refractivity contribution is 6.33. The Labute approximate surface area is 110 Å². The zero-order valence-corrected chi connectivity index (χ0v) is 11.0. The molecule has 0 spiro atoms. The summed E-state index contributed by atoms with van der Waals surface area (Å²) < 4.78 is 0. The molecule has 0 aliphatic carbocycles. The molecule has 0 radical (unpaired) electrons. The fraction of sp³-hybridized carbons (Fsp3) is 0.333. The Morgan fingerprint density at radius 3 is 2.61 bits per heavy atom. The van der Waals surface area contributed by atoms with Crippen molar-refractivity contribution in [3.8, 4) is 0 Å². The van der Waals surface area contributed by atoms with Crippen LogP contribution in [0.2, 0.25) is 5.02 Å². The van der Waals surface area contributed by atoms with E-state index in [2.05, 4.69) is 5.32 Å². The third kappa shape index (κ3) is 3.92. The molecule has 5 nitrogen and oxygen atoms in total. The average molecular weight is 271 g/mol. The topological polar surface area (TPSA) is 69.6 Å². The summed E-state index contributed by atoms with van der Waals surface area (Å²) >= 11 is 5.98. The Morgan fingerprint density at radius 2 is 2.11 bits per heavy atom. The maximum atomic E-state index is 11.8. The highest BCUT2D eigenvalue weighted by atomic mass is 35.5. The van der Waals surface area contributed by atoms with Gasteiger partial charge in [-0.25, -0.2) is 4.79 Å². The van der Waals surface area contributed by atoms with Crippen molar-refractivity contribution in [3.05, 3.63) is 28.8 Å². The lowest BCUT2D eigenvalue weighted by Crippen LogP contribution is -2.38. The van der Waals surface area contributed by atoms with Crippen LogP contribution in [0.25, 0.3) is 0 Å². The molecule has 18 heavy (non-hydrogen) atoms. The molecule has 0 saturated carbocycles. The van der Waals surface area contributed by atoms with Gasteiger partial charge in [0.1, 0.15) is 6.54 Å². The number of halogens is 1. The molecule has 1 aromatic carbocycles. The number of carboxylic acid groups (broad SMARTS) is 1. The van der Waals surface area contributed by atoms with E-state index in [1.165, 1.54) is 4.90 Å². The summed E-state index contributed by atoms with van der Waals surface area (Å²) in [6.07, 6.45) is 0. The number of nitrogens with one attached hydrogen (secondary N) is 1. The van der Waals surface area contributed by atoms with Gasteiger partial charge in [0.25, 0.3) is 0 Å². The van der Waals surface area contributed by atoms with Crippen LogP contribution in [0.5, 0.6) is 0 Å². The molecular weight excluding hydrogens is 256 g/mol. The third-order valence-corrected chi connectivity index (χ3v) is 2.67. The van der Waals surface area contributed by atoms with E-state index in [9.17, 15) is 9.59 Å². The van der Waals surface area contributed by atoms with Gasteiger partial charge in [-0.15, -0.1) is 0 Å².